The molecule has 0 unspecified atom stereocenters. The number of rotatable bonds is 4. The fraction of sp³-hybridized carbons (Fsp3) is 0.200. The molecule has 4 heterocycles. The number of ether oxygens (including phenoxy) is 1. The van der Waals surface area contributed by atoms with Crippen molar-refractivity contribution >= 4 is 28.8 Å². The number of benzene rings is 2. The lowest BCUT2D eigenvalue weighted by atomic mass is 10.0. The van der Waals surface area contributed by atoms with Crippen LogP contribution in [0.3, 0.4) is 0 Å². The number of aromatic nitrogens is 3. The van der Waals surface area contributed by atoms with Crippen LogP contribution < -0.4 is 10.2 Å². The van der Waals surface area contributed by atoms with Gasteiger partial charge in [0.15, 0.2) is 11.5 Å². The summed E-state index contributed by atoms with van der Waals surface area (Å²) in [6.07, 6.45) is 3.89. The molecular formula is C25H21N5O3. The van der Waals surface area contributed by atoms with E-state index < -0.39 is 0 Å². The predicted molar refractivity (Wildman–Crippen MR) is 124 cm³/mol. The smallest absolute Gasteiger partial charge is 0.228 e. The minimum absolute atomic E-state index is 0.0281. The average Bonchev–Trinajstić information content (AvgIpc) is 3.43. The molecule has 2 aromatic carbocycles. The fourth-order valence-corrected chi connectivity index (χ4v) is 4.50. The molecule has 0 bridgehead atoms. The maximum atomic E-state index is 13.6. The number of nitrogens with zero attached hydrogens (tertiary/aromatic N) is 4. The second-order valence-corrected chi connectivity index (χ2v) is 8.14. The lowest BCUT2D eigenvalue weighted by molar-refractivity contribution is -0.115. The molecule has 0 atom stereocenters. The van der Waals surface area contributed by atoms with Crippen molar-refractivity contribution in [2.75, 3.05) is 36.5 Å². The number of hydrogen-bond acceptors (Lipinski definition) is 6. The van der Waals surface area contributed by atoms with Crippen molar-refractivity contribution < 1.29 is 14.3 Å². The normalized spacial score (nSPS) is 15.5. The van der Waals surface area contributed by atoms with Gasteiger partial charge in [0.2, 0.25) is 11.7 Å². The first-order valence-electron chi connectivity index (χ1n) is 10.9. The van der Waals surface area contributed by atoms with Gasteiger partial charge < -0.3 is 15.0 Å². The molecule has 0 aliphatic carbocycles. The summed E-state index contributed by atoms with van der Waals surface area (Å²) < 4.78 is 7.43. The second kappa shape index (κ2) is 7.83. The molecule has 164 valence electrons. The fourth-order valence-electron chi connectivity index (χ4n) is 4.50. The topological polar surface area (TPSA) is 88.8 Å². The number of hydrogen-bond donors (Lipinski definition) is 1. The van der Waals surface area contributed by atoms with Gasteiger partial charge in [0.25, 0.3) is 0 Å². The van der Waals surface area contributed by atoms with Crippen LogP contribution >= 0.6 is 0 Å². The van der Waals surface area contributed by atoms with E-state index in [-0.39, 0.29) is 11.7 Å². The molecule has 1 fully saturated rings. The van der Waals surface area contributed by atoms with Crippen molar-refractivity contribution in [2.24, 2.45) is 0 Å². The molecule has 4 aromatic rings. The van der Waals surface area contributed by atoms with Gasteiger partial charge in [-0.05, 0) is 17.7 Å². The van der Waals surface area contributed by atoms with E-state index in [1.54, 1.807) is 18.3 Å². The number of morpholine rings is 1. The second-order valence-electron chi connectivity index (χ2n) is 8.14. The molecule has 2 aliphatic heterocycles. The number of nitrogens with one attached hydrogen (secondary N) is 1. The zero-order chi connectivity index (χ0) is 22.4. The monoisotopic (exact) mass is 439 g/mol. The van der Waals surface area contributed by atoms with Crippen LogP contribution in [0.25, 0.3) is 16.9 Å². The Balaban J connectivity index is 1.57. The molecule has 0 spiro atoms. The van der Waals surface area contributed by atoms with Crippen LogP contribution in [0.5, 0.6) is 0 Å². The first-order valence-corrected chi connectivity index (χ1v) is 10.9. The van der Waals surface area contributed by atoms with Crippen LogP contribution in [-0.4, -0.2) is 52.4 Å². The minimum Gasteiger partial charge on any atom is -0.378 e. The Morgan fingerprint density at radius 1 is 1.06 bits per heavy atom. The number of imidazole rings is 1. The van der Waals surface area contributed by atoms with Crippen LogP contribution in [0.1, 0.15) is 21.6 Å². The van der Waals surface area contributed by atoms with Gasteiger partial charge in [0, 0.05) is 42.3 Å². The van der Waals surface area contributed by atoms with Crippen molar-refractivity contribution in [1.29, 1.82) is 0 Å². The standard InChI is InChI=1S/C25H21N5O3/c31-20-15-18-14-17(6-7-19(18)27-20)22-21(23(32)16-4-2-1-3-5-16)28-25-24(26-8-9-30(22)25)29-10-12-33-13-11-29/h1-9,14H,10-13,15H2,(H,27,31). The van der Waals surface area contributed by atoms with E-state index >= 15 is 0 Å². The third-order valence-corrected chi connectivity index (χ3v) is 6.09. The molecule has 0 saturated carbocycles. The third-order valence-electron chi connectivity index (χ3n) is 6.09. The summed E-state index contributed by atoms with van der Waals surface area (Å²) >= 11 is 0. The van der Waals surface area contributed by atoms with Crippen molar-refractivity contribution in [3.63, 3.8) is 0 Å². The molecule has 1 amide bonds. The average molecular weight is 439 g/mol. The Labute approximate surface area is 189 Å². The van der Waals surface area contributed by atoms with Gasteiger partial charge in [-0.25, -0.2) is 9.97 Å². The van der Waals surface area contributed by atoms with E-state index in [1.165, 1.54) is 0 Å². The zero-order valence-corrected chi connectivity index (χ0v) is 17.8. The summed E-state index contributed by atoms with van der Waals surface area (Å²) in [5.74, 6) is 0.545. The Kier molecular flexibility index (Phi) is 4.66. The van der Waals surface area contributed by atoms with Crippen molar-refractivity contribution in [3.05, 3.63) is 77.7 Å². The first kappa shape index (κ1) is 19.6. The molecule has 8 nitrogen and oxygen atoms in total. The van der Waals surface area contributed by atoms with Gasteiger partial charge in [-0.2, -0.15) is 0 Å². The highest BCUT2D eigenvalue weighted by molar-refractivity contribution is 6.12. The molecule has 1 saturated heterocycles. The Morgan fingerprint density at radius 2 is 1.88 bits per heavy atom. The Bertz CT molecular complexity index is 1390. The van der Waals surface area contributed by atoms with Gasteiger partial charge in [0.05, 0.1) is 25.3 Å². The summed E-state index contributed by atoms with van der Waals surface area (Å²) in [5.41, 5.74) is 4.80. The molecule has 8 heteroatoms. The number of carbonyl (C=O) groups excluding carboxylic acids is 2. The van der Waals surface area contributed by atoms with Gasteiger partial charge in [-0.1, -0.05) is 36.4 Å². The summed E-state index contributed by atoms with van der Waals surface area (Å²) in [6, 6.07) is 14.9. The van der Waals surface area contributed by atoms with E-state index in [2.05, 4.69) is 15.2 Å². The molecular weight excluding hydrogens is 418 g/mol. The number of amides is 1. The lowest BCUT2D eigenvalue weighted by Gasteiger charge is -2.27. The number of carbonyl (C=O) groups is 2. The van der Waals surface area contributed by atoms with Crippen LogP contribution in [0.4, 0.5) is 11.5 Å². The van der Waals surface area contributed by atoms with Gasteiger partial charge >= 0.3 is 0 Å². The van der Waals surface area contributed by atoms with E-state index in [4.69, 9.17) is 9.72 Å². The van der Waals surface area contributed by atoms with Gasteiger partial charge in [-0.15, -0.1) is 0 Å². The minimum atomic E-state index is -0.156. The predicted octanol–water partition coefficient (Wildman–Crippen LogP) is 2.96. The summed E-state index contributed by atoms with van der Waals surface area (Å²) in [4.78, 5) is 37.0. The van der Waals surface area contributed by atoms with E-state index in [9.17, 15) is 9.59 Å². The molecule has 2 aliphatic rings. The van der Waals surface area contributed by atoms with Crippen molar-refractivity contribution in [1.82, 2.24) is 14.4 Å². The highest BCUT2D eigenvalue weighted by Gasteiger charge is 2.27. The number of ketones is 1. The summed E-state index contributed by atoms with van der Waals surface area (Å²) in [7, 11) is 0. The molecule has 6 rings (SSSR count). The van der Waals surface area contributed by atoms with Crippen LogP contribution in [0.15, 0.2) is 60.9 Å². The first-order chi connectivity index (χ1) is 16.2. The largest absolute Gasteiger partial charge is 0.378 e. The van der Waals surface area contributed by atoms with Crippen molar-refractivity contribution in [2.45, 2.75) is 6.42 Å². The maximum absolute atomic E-state index is 13.6. The highest BCUT2D eigenvalue weighted by Crippen LogP contribution is 2.34. The van der Waals surface area contributed by atoms with Crippen molar-refractivity contribution in [3.8, 4) is 11.3 Å². The molecule has 2 aromatic heterocycles. The number of anilines is 2. The molecule has 0 radical (unpaired) electrons. The van der Waals surface area contributed by atoms with E-state index in [1.807, 2.05) is 47.0 Å². The van der Waals surface area contributed by atoms with Crippen LogP contribution in [0, 0.1) is 0 Å². The Morgan fingerprint density at radius 3 is 2.70 bits per heavy atom. The summed E-state index contributed by atoms with van der Waals surface area (Å²) in [5, 5.41) is 2.87. The van der Waals surface area contributed by atoms with Crippen LogP contribution in [0.2, 0.25) is 0 Å². The Hall–Kier alpha value is -4.04. The third kappa shape index (κ3) is 3.35. The maximum Gasteiger partial charge on any atom is 0.228 e. The lowest BCUT2D eigenvalue weighted by Crippen LogP contribution is -2.37. The van der Waals surface area contributed by atoms with E-state index in [0.717, 1.165) is 22.6 Å². The molecule has 33 heavy (non-hydrogen) atoms. The summed E-state index contributed by atoms with van der Waals surface area (Å²) in [6.45, 7) is 2.67. The van der Waals surface area contributed by atoms with E-state index in [0.29, 0.717) is 55.3 Å². The van der Waals surface area contributed by atoms with Gasteiger partial charge in [-0.3, -0.25) is 14.0 Å². The van der Waals surface area contributed by atoms with Crippen LogP contribution in [-0.2, 0) is 16.0 Å². The van der Waals surface area contributed by atoms with Gasteiger partial charge in [0.1, 0.15) is 5.69 Å². The highest BCUT2D eigenvalue weighted by atomic mass is 16.5. The zero-order valence-electron chi connectivity index (χ0n) is 17.8. The number of fused-ring (bicyclic) bond motifs is 2. The molecule has 1 N–H and O–H groups in total. The quantitative estimate of drug-likeness (QED) is 0.492. The SMILES string of the molecule is O=C1Cc2cc(-c3c(C(=O)c4ccccc4)nc4c(N5CCOCC5)nccn34)ccc2N1.